The van der Waals surface area contributed by atoms with Gasteiger partial charge in [-0.2, -0.15) is 0 Å². The van der Waals surface area contributed by atoms with Crippen molar-refractivity contribution in [2.45, 2.75) is 13.0 Å². The van der Waals surface area contributed by atoms with E-state index in [-0.39, 0.29) is 24.7 Å². The number of hydrogen-bond acceptors (Lipinski definition) is 6. The normalized spacial score (nSPS) is 10.3. The van der Waals surface area contributed by atoms with Crippen molar-refractivity contribution < 1.29 is 29.2 Å². The van der Waals surface area contributed by atoms with E-state index in [1.54, 1.807) is 24.3 Å². The van der Waals surface area contributed by atoms with Gasteiger partial charge >= 0.3 is 5.97 Å². The maximum atomic E-state index is 11.2. The Kier molecular flexibility index (Phi) is 5.68. The topological polar surface area (TPSA) is 85.2 Å². The second-order valence-corrected chi connectivity index (χ2v) is 4.85. The Hall–Kier alpha value is -2.89. The molecule has 0 aromatic heterocycles. The van der Waals surface area contributed by atoms with Crippen molar-refractivity contribution in [3.8, 4) is 23.0 Å². The van der Waals surface area contributed by atoms with E-state index in [1.165, 1.54) is 31.2 Å². The van der Waals surface area contributed by atoms with Crippen LogP contribution in [-0.2, 0) is 9.53 Å². The highest BCUT2D eigenvalue weighted by molar-refractivity contribution is 5.66. The summed E-state index contributed by atoms with van der Waals surface area (Å²) in [7, 11) is 0. The molecule has 0 spiro atoms. The number of esters is 1. The van der Waals surface area contributed by atoms with Crippen LogP contribution in [0.15, 0.2) is 48.5 Å². The number of carbonyl (C=O) groups excluding carboxylic acids is 1. The molecule has 0 heterocycles. The van der Waals surface area contributed by atoms with Crippen LogP contribution in [0.5, 0.6) is 23.0 Å². The summed E-state index contributed by atoms with van der Waals surface area (Å²) in [5.74, 6) is 0.637. The molecule has 0 saturated carbocycles. The molecular weight excluding hydrogens is 300 g/mol. The number of aromatic hydroxyl groups is 2. The molecule has 0 bridgehead atoms. The molecule has 0 fully saturated rings. The first kappa shape index (κ1) is 16.5. The monoisotopic (exact) mass is 318 g/mol. The summed E-state index contributed by atoms with van der Waals surface area (Å²) in [5, 5.41) is 18.8. The van der Waals surface area contributed by atoms with Gasteiger partial charge in [0.25, 0.3) is 0 Å². The summed E-state index contributed by atoms with van der Waals surface area (Å²) in [6.45, 7) is 1.44. The van der Waals surface area contributed by atoms with Crippen molar-refractivity contribution in [1.82, 2.24) is 0 Å². The third-order valence-electron chi connectivity index (χ3n) is 2.84. The largest absolute Gasteiger partial charge is 0.508 e. The van der Waals surface area contributed by atoms with Crippen molar-refractivity contribution in [1.29, 1.82) is 0 Å². The zero-order valence-electron chi connectivity index (χ0n) is 12.6. The lowest BCUT2D eigenvalue weighted by Gasteiger charge is -2.18. The van der Waals surface area contributed by atoms with Gasteiger partial charge in [-0.1, -0.05) is 12.1 Å². The second-order valence-electron chi connectivity index (χ2n) is 4.85. The molecule has 6 heteroatoms. The zero-order chi connectivity index (χ0) is 16.7. The summed E-state index contributed by atoms with van der Waals surface area (Å²) in [6, 6.07) is 12.6. The summed E-state index contributed by atoms with van der Waals surface area (Å²) in [5.41, 5.74) is 0. The standard InChI is InChI=1S/C17H18O6/c1-12(18)23-17(10-21-15-6-2-4-13(19)8-15)11-22-16-7-3-5-14(20)9-16/h2-9,17,19-20H,10-11H2,1H3. The van der Waals surface area contributed by atoms with E-state index in [2.05, 4.69) is 0 Å². The van der Waals surface area contributed by atoms with Gasteiger partial charge in [-0.05, 0) is 24.3 Å². The van der Waals surface area contributed by atoms with E-state index in [9.17, 15) is 15.0 Å². The first-order chi connectivity index (χ1) is 11.0. The Morgan fingerprint density at radius 3 is 1.83 bits per heavy atom. The highest BCUT2D eigenvalue weighted by Crippen LogP contribution is 2.19. The Labute approximate surface area is 133 Å². The van der Waals surface area contributed by atoms with Crippen molar-refractivity contribution in [2.24, 2.45) is 0 Å². The van der Waals surface area contributed by atoms with Crippen LogP contribution in [-0.4, -0.2) is 35.5 Å². The summed E-state index contributed by atoms with van der Waals surface area (Å²) in [4.78, 5) is 11.2. The smallest absolute Gasteiger partial charge is 0.303 e. The van der Waals surface area contributed by atoms with Crippen LogP contribution in [0, 0.1) is 0 Å². The number of benzene rings is 2. The molecule has 0 amide bonds. The van der Waals surface area contributed by atoms with Crippen LogP contribution in [0.1, 0.15) is 6.92 Å². The predicted molar refractivity (Wildman–Crippen MR) is 82.8 cm³/mol. The number of carbonyl (C=O) groups is 1. The molecule has 122 valence electrons. The lowest BCUT2D eigenvalue weighted by atomic mass is 10.3. The number of phenols is 2. The Morgan fingerprint density at radius 2 is 1.43 bits per heavy atom. The minimum absolute atomic E-state index is 0.0713. The van der Waals surface area contributed by atoms with Crippen LogP contribution in [0.25, 0.3) is 0 Å². The zero-order valence-corrected chi connectivity index (χ0v) is 12.6. The molecule has 0 saturated heterocycles. The van der Waals surface area contributed by atoms with Crippen LogP contribution >= 0.6 is 0 Å². The van der Waals surface area contributed by atoms with Crippen LogP contribution in [0.2, 0.25) is 0 Å². The average molecular weight is 318 g/mol. The average Bonchev–Trinajstić information content (AvgIpc) is 2.50. The number of phenolic OH excluding ortho intramolecular Hbond substituents is 2. The fourth-order valence-electron chi connectivity index (χ4n) is 1.88. The van der Waals surface area contributed by atoms with Gasteiger partial charge in [-0.25, -0.2) is 0 Å². The van der Waals surface area contributed by atoms with E-state index in [0.29, 0.717) is 11.5 Å². The summed E-state index contributed by atoms with van der Waals surface area (Å²) >= 11 is 0. The molecule has 2 rings (SSSR count). The lowest BCUT2D eigenvalue weighted by molar-refractivity contribution is -0.149. The van der Waals surface area contributed by atoms with E-state index in [0.717, 1.165) is 0 Å². The van der Waals surface area contributed by atoms with Crippen LogP contribution < -0.4 is 9.47 Å². The molecule has 2 aromatic rings. The first-order valence-corrected chi connectivity index (χ1v) is 7.04. The fraction of sp³-hybridized carbons (Fsp3) is 0.235. The van der Waals surface area contributed by atoms with Gasteiger partial charge in [0.1, 0.15) is 36.2 Å². The molecule has 23 heavy (non-hydrogen) atoms. The van der Waals surface area contributed by atoms with Crippen molar-refractivity contribution in [2.75, 3.05) is 13.2 Å². The van der Waals surface area contributed by atoms with Gasteiger partial charge in [-0.15, -0.1) is 0 Å². The first-order valence-electron chi connectivity index (χ1n) is 7.04. The van der Waals surface area contributed by atoms with Gasteiger partial charge in [0.05, 0.1) is 0 Å². The molecule has 6 nitrogen and oxygen atoms in total. The SMILES string of the molecule is CC(=O)OC(COc1cccc(O)c1)COc1cccc(O)c1. The molecule has 2 N–H and O–H groups in total. The minimum atomic E-state index is -0.628. The second kappa shape index (κ2) is 7.93. The highest BCUT2D eigenvalue weighted by Gasteiger charge is 2.15. The summed E-state index contributed by atoms with van der Waals surface area (Å²) < 4.78 is 16.1. The third-order valence-corrected chi connectivity index (χ3v) is 2.84. The molecular formula is C17H18O6. The fourth-order valence-corrected chi connectivity index (χ4v) is 1.88. The molecule has 0 aliphatic rings. The van der Waals surface area contributed by atoms with Crippen molar-refractivity contribution in [3.05, 3.63) is 48.5 Å². The number of ether oxygens (including phenoxy) is 3. The Balaban J connectivity index is 1.92. The lowest BCUT2D eigenvalue weighted by Crippen LogP contribution is -2.30. The molecule has 0 unspecified atom stereocenters. The summed E-state index contributed by atoms with van der Waals surface area (Å²) in [6.07, 6.45) is -0.628. The maximum absolute atomic E-state index is 11.2. The Bertz CT molecular complexity index is 606. The number of rotatable bonds is 7. The Morgan fingerprint density at radius 1 is 0.957 bits per heavy atom. The van der Waals surface area contributed by atoms with Crippen LogP contribution in [0.4, 0.5) is 0 Å². The van der Waals surface area contributed by atoms with Gasteiger partial charge in [0.15, 0.2) is 6.10 Å². The molecule has 0 aliphatic heterocycles. The van der Waals surface area contributed by atoms with Gasteiger partial charge < -0.3 is 24.4 Å². The highest BCUT2D eigenvalue weighted by atomic mass is 16.6. The van der Waals surface area contributed by atoms with Gasteiger partial charge in [-0.3, -0.25) is 4.79 Å². The van der Waals surface area contributed by atoms with Crippen molar-refractivity contribution in [3.63, 3.8) is 0 Å². The third kappa shape index (κ3) is 5.78. The van der Waals surface area contributed by atoms with Crippen molar-refractivity contribution >= 4 is 5.97 Å². The van der Waals surface area contributed by atoms with E-state index in [1.807, 2.05) is 0 Å². The molecule has 0 aliphatic carbocycles. The van der Waals surface area contributed by atoms with E-state index in [4.69, 9.17) is 14.2 Å². The van der Waals surface area contributed by atoms with Crippen LogP contribution in [0.3, 0.4) is 0 Å². The van der Waals surface area contributed by atoms with Gasteiger partial charge in [0, 0.05) is 19.1 Å². The molecule has 2 aromatic carbocycles. The maximum Gasteiger partial charge on any atom is 0.303 e. The minimum Gasteiger partial charge on any atom is -0.508 e. The van der Waals surface area contributed by atoms with E-state index < -0.39 is 12.1 Å². The molecule has 0 radical (unpaired) electrons. The number of hydrogen-bond donors (Lipinski definition) is 2. The quantitative estimate of drug-likeness (QED) is 0.763. The predicted octanol–water partition coefficient (Wildman–Crippen LogP) is 2.49. The molecule has 0 atom stereocenters. The van der Waals surface area contributed by atoms with Gasteiger partial charge in [0.2, 0.25) is 0 Å². The van der Waals surface area contributed by atoms with E-state index >= 15 is 0 Å².